The number of aliphatic carboxylic acids is 1. The Labute approximate surface area is 109 Å². The molecule has 1 aliphatic heterocycles. The lowest BCUT2D eigenvalue weighted by Crippen LogP contribution is -2.46. The maximum absolute atomic E-state index is 12.1. The van der Waals surface area contributed by atoms with Gasteiger partial charge in [-0.25, -0.2) is 0 Å². The smallest absolute Gasteiger partial charge is 0.304 e. The quantitative estimate of drug-likeness (QED) is 0.794. The summed E-state index contributed by atoms with van der Waals surface area (Å²) >= 11 is 0. The van der Waals surface area contributed by atoms with E-state index in [1.807, 2.05) is 4.90 Å². The number of likely N-dealkylation sites (N-methyl/N-ethyl adjacent to an activating group) is 1. The number of hydrogen-bond acceptors (Lipinski definition) is 3. The number of carbonyl (C=O) groups excluding carboxylic acids is 1. The fraction of sp³-hybridized carbons (Fsp3) is 0.846. The Kier molecular flexibility index (Phi) is 5.59. The molecule has 18 heavy (non-hydrogen) atoms. The summed E-state index contributed by atoms with van der Waals surface area (Å²) < 4.78 is 0. The first-order chi connectivity index (χ1) is 8.38. The maximum Gasteiger partial charge on any atom is 0.304 e. The first kappa shape index (κ1) is 15.0. The van der Waals surface area contributed by atoms with Gasteiger partial charge in [-0.1, -0.05) is 13.8 Å². The lowest BCUT2D eigenvalue weighted by atomic mass is 9.92. The molecule has 1 rings (SSSR count). The van der Waals surface area contributed by atoms with Crippen molar-refractivity contribution in [3.05, 3.63) is 0 Å². The van der Waals surface area contributed by atoms with Gasteiger partial charge in [0.05, 0.1) is 13.0 Å². The highest BCUT2D eigenvalue weighted by Crippen LogP contribution is 2.20. The van der Waals surface area contributed by atoms with E-state index in [9.17, 15) is 9.59 Å². The van der Waals surface area contributed by atoms with Crippen molar-refractivity contribution in [1.29, 1.82) is 0 Å². The molecule has 0 bridgehead atoms. The molecule has 1 fully saturated rings. The molecule has 0 radical (unpaired) electrons. The van der Waals surface area contributed by atoms with Crippen LogP contribution in [0.4, 0.5) is 0 Å². The van der Waals surface area contributed by atoms with Crippen LogP contribution in [0.15, 0.2) is 0 Å². The van der Waals surface area contributed by atoms with Crippen molar-refractivity contribution in [3.8, 4) is 0 Å². The van der Waals surface area contributed by atoms with Crippen LogP contribution in [-0.4, -0.2) is 60.0 Å². The predicted molar refractivity (Wildman–Crippen MR) is 69.3 cm³/mol. The Bertz CT molecular complexity index is 297. The van der Waals surface area contributed by atoms with Gasteiger partial charge in [0, 0.05) is 19.6 Å². The fourth-order valence-corrected chi connectivity index (χ4v) is 2.56. The normalized spacial score (nSPS) is 24.3. The standard InChI is InChI=1S/C13H24N2O3/c1-10-6-11(2)8-15(7-10)12(16)9-14(3)5-4-13(17)18/h10-11H,4-9H2,1-3H3,(H,17,18). The lowest BCUT2D eigenvalue weighted by molar-refractivity contribution is -0.139. The van der Waals surface area contributed by atoms with Gasteiger partial charge in [0.1, 0.15) is 0 Å². The summed E-state index contributed by atoms with van der Waals surface area (Å²) in [7, 11) is 1.79. The van der Waals surface area contributed by atoms with Crippen LogP contribution in [0.25, 0.3) is 0 Å². The van der Waals surface area contributed by atoms with Crippen LogP contribution in [0.3, 0.4) is 0 Å². The Morgan fingerprint density at radius 1 is 1.28 bits per heavy atom. The van der Waals surface area contributed by atoms with E-state index in [-0.39, 0.29) is 12.3 Å². The number of carboxylic acid groups (broad SMARTS) is 1. The van der Waals surface area contributed by atoms with E-state index in [1.54, 1.807) is 11.9 Å². The van der Waals surface area contributed by atoms with Crippen LogP contribution in [0.1, 0.15) is 26.7 Å². The second-order valence-electron chi connectivity index (χ2n) is 5.63. The maximum atomic E-state index is 12.1. The summed E-state index contributed by atoms with van der Waals surface area (Å²) in [6, 6.07) is 0. The number of rotatable bonds is 5. The first-order valence-electron chi connectivity index (χ1n) is 6.56. The number of amides is 1. The molecule has 2 atom stereocenters. The van der Waals surface area contributed by atoms with E-state index in [0.29, 0.717) is 24.9 Å². The fourth-order valence-electron chi connectivity index (χ4n) is 2.56. The van der Waals surface area contributed by atoms with Gasteiger partial charge in [0.2, 0.25) is 5.91 Å². The van der Waals surface area contributed by atoms with Gasteiger partial charge in [-0.05, 0) is 25.3 Å². The number of nitrogens with zero attached hydrogens (tertiary/aromatic N) is 2. The molecule has 1 amide bonds. The summed E-state index contributed by atoms with van der Waals surface area (Å²) in [4.78, 5) is 26.2. The minimum absolute atomic E-state index is 0.0799. The Hall–Kier alpha value is -1.10. The van der Waals surface area contributed by atoms with Gasteiger partial charge in [0.25, 0.3) is 0 Å². The third kappa shape index (κ3) is 5.04. The monoisotopic (exact) mass is 256 g/mol. The molecule has 0 aromatic heterocycles. The molecule has 5 heteroatoms. The molecule has 2 unspecified atom stereocenters. The van der Waals surface area contributed by atoms with Crippen LogP contribution < -0.4 is 0 Å². The number of carbonyl (C=O) groups is 2. The number of piperidine rings is 1. The average Bonchev–Trinajstić information content (AvgIpc) is 2.25. The van der Waals surface area contributed by atoms with Crippen molar-refractivity contribution >= 4 is 11.9 Å². The van der Waals surface area contributed by atoms with Crippen LogP contribution in [-0.2, 0) is 9.59 Å². The molecule has 1 N–H and O–H groups in total. The number of likely N-dealkylation sites (tertiary alicyclic amines) is 1. The van der Waals surface area contributed by atoms with Crippen LogP contribution in [0, 0.1) is 11.8 Å². The number of carboxylic acids is 1. The summed E-state index contributed by atoms with van der Waals surface area (Å²) in [5.74, 6) is 0.403. The zero-order valence-electron chi connectivity index (χ0n) is 11.6. The predicted octanol–water partition coefficient (Wildman–Crippen LogP) is 0.897. The molecule has 0 aromatic rings. The summed E-state index contributed by atoms with van der Waals surface area (Å²) in [6.07, 6.45) is 1.26. The zero-order valence-corrected chi connectivity index (χ0v) is 11.6. The average molecular weight is 256 g/mol. The van der Waals surface area contributed by atoms with Crippen molar-refractivity contribution < 1.29 is 14.7 Å². The van der Waals surface area contributed by atoms with Crippen LogP contribution in [0.2, 0.25) is 0 Å². The molecule has 1 saturated heterocycles. The SMILES string of the molecule is CC1CC(C)CN(C(=O)CN(C)CCC(=O)O)C1. The highest BCUT2D eigenvalue weighted by atomic mass is 16.4. The van der Waals surface area contributed by atoms with Gasteiger partial charge >= 0.3 is 5.97 Å². The third-order valence-electron chi connectivity index (χ3n) is 3.33. The molecule has 0 spiro atoms. The van der Waals surface area contributed by atoms with E-state index in [2.05, 4.69) is 13.8 Å². The molecule has 0 aromatic carbocycles. The van der Waals surface area contributed by atoms with Gasteiger partial charge in [-0.15, -0.1) is 0 Å². The second-order valence-corrected chi connectivity index (χ2v) is 5.63. The first-order valence-corrected chi connectivity index (χ1v) is 6.56. The topological polar surface area (TPSA) is 60.9 Å². The Balaban J connectivity index is 2.37. The molecule has 104 valence electrons. The molecular weight excluding hydrogens is 232 g/mol. The van der Waals surface area contributed by atoms with E-state index in [1.165, 1.54) is 6.42 Å². The lowest BCUT2D eigenvalue weighted by Gasteiger charge is -2.35. The van der Waals surface area contributed by atoms with E-state index in [0.717, 1.165) is 13.1 Å². The molecule has 0 aliphatic carbocycles. The summed E-state index contributed by atoms with van der Waals surface area (Å²) in [5, 5.41) is 8.59. The number of hydrogen-bond donors (Lipinski definition) is 1. The van der Waals surface area contributed by atoms with Gasteiger partial charge in [-0.2, -0.15) is 0 Å². The van der Waals surface area contributed by atoms with Crippen LogP contribution >= 0.6 is 0 Å². The second kappa shape index (κ2) is 6.73. The molecule has 0 saturated carbocycles. The van der Waals surface area contributed by atoms with Crippen molar-refractivity contribution in [2.75, 3.05) is 33.2 Å². The van der Waals surface area contributed by atoms with Crippen molar-refractivity contribution in [2.45, 2.75) is 26.7 Å². The molecular formula is C13H24N2O3. The van der Waals surface area contributed by atoms with E-state index in [4.69, 9.17) is 5.11 Å². The van der Waals surface area contributed by atoms with Crippen LogP contribution in [0.5, 0.6) is 0 Å². The molecule has 5 nitrogen and oxygen atoms in total. The van der Waals surface area contributed by atoms with E-state index >= 15 is 0 Å². The highest BCUT2D eigenvalue weighted by molar-refractivity contribution is 5.78. The van der Waals surface area contributed by atoms with Crippen molar-refractivity contribution in [1.82, 2.24) is 9.80 Å². The summed E-state index contributed by atoms with van der Waals surface area (Å²) in [6.45, 7) is 6.73. The largest absolute Gasteiger partial charge is 0.481 e. The molecule has 1 aliphatic rings. The van der Waals surface area contributed by atoms with Gasteiger partial charge < -0.3 is 10.0 Å². The van der Waals surface area contributed by atoms with Gasteiger partial charge in [-0.3, -0.25) is 14.5 Å². The van der Waals surface area contributed by atoms with Gasteiger partial charge in [0.15, 0.2) is 0 Å². The highest BCUT2D eigenvalue weighted by Gasteiger charge is 2.25. The Morgan fingerprint density at radius 3 is 2.33 bits per heavy atom. The van der Waals surface area contributed by atoms with Crippen molar-refractivity contribution in [3.63, 3.8) is 0 Å². The van der Waals surface area contributed by atoms with Crippen molar-refractivity contribution in [2.24, 2.45) is 11.8 Å². The summed E-state index contributed by atoms with van der Waals surface area (Å²) in [5.41, 5.74) is 0. The minimum atomic E-state index is -0.825. The van der Waals surface area contributed by atoms with E-state index < -0.39 is 5.97 Å². The molecule has 1 heterocycles. The zero-order chi connectivity index (χ0) is 13.7. The third-order valence-corrected chi connectivity index (χ3v) is 3.33. The minimum Gasteiger partial charge on any atom is -0.481 e. The Morgan fingerprint density at radius 2 is 1.83 bits per heavy atom.